The van der Waals surface area contributed by atoms with E-state index in [1.54, 1.807) is 18.2 Å². The fourth-order valence-corrected chi connectivity index (χ4v) is 6.94. The number of imidazole rings is 1. The molecule has 0 spiro atoms. The number of rotatable bonds is 3. The maximum absolute atomic E-state index is 13.1. The van der Waals surface area contributed by atoms with Gasteiger partial charge in [-0.3, -0.25) is 0 Å². The van der Waals surface area contributed by atoms with Crippen LogP contribution in [-0.2, 0) is 9.84 Å². The lowest BCUT2D eigenvalue weighted by molar-refractivity contribution is 0.598. The Hall–Kier alpha value is -4.16. The summed E-state index contributed by atoms with van der Waals surface area (Å²) < 4.78 is 26.2. The quantitative estimate of drug-likeness (QED) is 0.356. The fourth-order valence-electron chi connectivity index (χ4n) is 5.27. The highest BCUT2D eigenvalue weighted by Gasteiger charge is 2.34. The highest BCUT2D eigenvalue weighted by atomic mass is 32.2. The molecule has 0 unspecified atom stereocenters. The second kappa shape index (κ2) is 7.42. The minimum absolute atomic E-state index is 0.208. The van der Waals surface area contributed by atoms with Crippen molar-refractivity contribution in [2.24, 2.45) is 5.92 Å². The maximum atomic E-state index is 13.1. The number of H-pyrrole nitrogens is 1. The van der Waals surface area contributed by atoms with E-state index in [4.69, 9.17) is 4.98 Å². The molecule has 5 nitrogen and oxygen atoms in total. The Balaban J connectivity index is 1.41. The molecule has 0 bridgehead atoms. The van der Waals surface area contributed by atoms with Crippen LogP contribution in [0, 0.1) is 5.92 Å². The van der Waals surface area contributed by atoms with Gasteiger partial charge in [-0.05, 0) is 18.2 Å². The van der Waals surface area contributed by atoms with E-state index < -0.39 is 9.84 Å². The predicted molar refractivity (Wildman–Crippen MR) is 137 cm³/mol. The van der Waals surface area contributed by atoms with Gasteiger partial charge in [0.05, 0.1) is 27.2 Å². The number of nitrogens with zero attached hydrogens (tertiary/aromatic N) is 1. The van der Waals surface area contributed by atoms with Gasteiger partial charge in [-0.1, -0.05) is 78.9 Å². The number of hydrogen-bond acceptors (Lipinski definition) is 4. The molecule has 2 aliphatic heterocycles. The number of fused-ring (bicyclic) bond motifs is 4. The summed E-state index contributed by atoms with van der Waals surface area (Å²) in [4.78, 5) is 9.37. The second-order valence-electron chi connectivity index (χ2n) is 8.97. The van der Waals surface area contributed by atoms with Crippen LogP contribution < -0.4 is 5.32 Å². The standard InChI is InChI=1S/C29H21N3O2S/c33-35(34)25-13-7-5-11-21(25)22-16-19(14-15-26(22)35)28-27(18-8-2-1-3-9-18)31-29(32-28)23-17-30-24-12-6-4-10-20(23)24/h1-17,20,24,30H,(H,31,32)/t20-,24-/m1/s1. The molecule has 4 aromatic rings. The van der Waals surface area contributed by atoms with Gasteiger partial charge in [-0.15, -0.1) is 0 Å². The SMILES string of the molecule is O=S1(=O)c2ccccc2-c2cc(-c3nc(C4=CN[C@@H]5C=CC=C[C@H]45)[nH]c3-c3ccccc3)ccc21. The largest absolute Gasteiger partial charge is 0.383 e. The molecule has 3 heterocycles. The van der Waals surface area contributed by atoms with Crippen molar-refractivity contribution in [1.29, 1.82) is 0 Å². The average molecular weight is 476 g/mol. The highest BCUT2D eigenvalue weighted by Crippen LogP contribution is 2.45. The van der Waals surface area contributed by atoms with Crippen LogP contribution in [0.4, 0.5) is 0 Å². The Morgan fingerprint density at radius 3 is 2.43 bits per heavy atom. The van der Waals surface area contributed by atoms with Crippen LogP contribution >= 0.6 is 0 Å². The van der Waals surface area contributed by atoms with Crippen molar-refractivity contribution < 1.29 is 8.42 Å². The lowest BCUT2D eigenvalue weighted by atomic mass is 9.91. The van der Waals surface area contributed by atoms with E-state index in [9.17, 15) is 8.42 Å². The zero-order valence-electron chi connectivity index (χ0n) is 18.6. The minimum Gasteiger partial charge on any atom is -0.383 e. The van der Waals surface area contributed by atoms with E-state index in [0.29, 0.717) is 9.79 Å². The maximum Gasteiger partial charge on any atom is 0.207 e. The molecule has 35 heavy (non-hydrogen) atoms. The summed E-state index contributed by atoms with van der Waals surface area (Å²) in [5, 5.41) is 3.44. The first kappa shape index (κ1) is 20.2. The van der Waals surface area contributed by atoms with Crippen molar-refractivity contribution in [2.75, 3.05) is 0 Å². The summed E-state index contributed by atoms with van der Waals surface area (Å²) in [6, 6.07) is 23.1. The number of benzene rings is 3. The summed E-state index contributed by atoms with van der Waals surface area (Å²) in [5.41, 5.74) is 6.18. The van der Waals surface area contributed by atoms with Gasteiger partial charge in [0, 0.05) is 39.9 Å². The van der Waals surface area contributed by atoms with Gasteiger partial charge in [-0.25, -0.2) is 13.4 Å². The van der Waals surface area contributed by atoms with E-state index in [1.807, 2.05) is 48.7 Å². The lowest BCUT2D eigenvalue weighted by Crippen LogP contribution is -2.25. The van der Waals surface area contributed by atoms with Gasteiger partial charge in [0.2, 0.25) is 9.84 Å². The van der Waals surface area contributed by atoms with Crippen LogP contribution in [-0.4, -0.2) is 24.4 Å². The van der Waals surface area contributed by atoms with Crippen molar-refractivity contribution in [3.8, 4) is 33.6 Å². The lowest BCUT2D eigenvalue weighted by Gasteiger charge is -2.17. The molecule has 0 saturated carbocycles. The smallest absolute Gasteiger partial charge is 0.207 e. The molecule has 0 fully saturated rings. The first-order chi connectivity index (χ1) is 17.1. The van der Waals surface area contributed by atoms with E-state index in [1.165, 1.54) is 0 Å². The van der Waals surface area contributed by atoms with Gasteiger partial charge in [0.25, 0.3) is 0 Å². The minimum atomic E-state index is -3.51. The van der Waals surface area contributed by atoms with E-state index in [0.717, 1.165) is 45.0 Å². The molecule has 2 N–H and O–H groups in total. The van der Waals surface area contributed by atoms with Crippen LogP contribution in [0.1, 0.15) is 5.82 Å². The van der Waals surface area contributed by atoms with Crippen molar-refractivity contribution in [3.05, 3.63) is 109 Å². The molecule has 0 saturated heterocycles. The molecule has 0 radical (unpaired) electrons. The summed E-state index contributed by atoms with van der Waals surface area (Å²) in [5.74, 6) is 1.02. The molecule has 3 aliphatic rings. The molecule has 170 valence electrons. The topological polar surface area (TPSA) is 74.8 Å². The third kappa shape index (κ3) is 3.00. The first-order valence-electron chi connectivity index (χ1n) is 11.6. The van der Waals surface area contributed by atoms with Gasteiger partial charge in [0.1, 0.15) is 5.82 Å². The van der Waals surface area contributed by atoms with Crippen LogP contribution in [0.25, 0.3) is 39.2 Å². The normalized spacial score (nSPS) is 20.6. The molecule has 0 amide bonds. The summed E-state index contributed by atoms with van der Waals surface area (Å²) >= 11 is 0. The number of aromatic amines is 1. The predicted octanol–water partition coefficient (Wildman–Crippen LogP) is 5.61. The van der Waals surface area contributed by atoms with E-state index in [2.05, 4.69) is 46.7 Å². The molecule has 3 aromatic carbocycles. The third-order valence-corrected chi connectivity index (χ3v) is 8.84. The van der Waals surface area contributed by atoms with Crippen molar-refractivity contribution in [3.63, 3.8) is 0 Å². The third-order valence-electron chi connectivity index (χ3n) is 6.97. The van der Waals surface area contributed by atoms with Crippen LogP contribution in [0.5, 0.6) is 0 Å². The molecule has 7 rings (SSSR count). The van der Waals surface area contributed by atoms with Crippen LogP contribution in [0.15, 0.2) is 113 Å². The summed E-state index contributed by atoms with van der Waals surface area (Å²) in [6.07, 6.45) is 10.5. The zero-order chi connectivity index (χ0) is 23.6. The van der Waals surface area contributed by atoms with Gasteiger partial charge < -0.3 is 10.3 Å². The Morgan fingerprint density at radius 1 is 0.771 bits per heavy atom. The molecule has 2 atom stereocenters. The Morgan fingerprint density at radius 2 is 1.54 bits per heavy atom. The van der Waals surface area contributed by atoms with E-state index in [-0.39, 0.29) is 12.0 Å². The fraction of sp³-hybridized carbons (Fsp3) is 0.0690. The zero-order valence-corrected chi connectivity index (χ0v) is 19.5. The number of allylic oxidation sites excluding steroid dienone is 2. The van der Waals surface area contributed by atoms with Gasteiger partial charge in [-0.2, -0.15) is 0 Å². The highest BCUT2D eigenvalue weighted by molar-refractivity contribution is 7.92. The monoisotopic (exact) mass is 475 g/mol. The van der Waals surface area contributed by atoms with Crippen LogP contribution in [0.2, 0.25) is 0 Å². The molecular weight excluding hydrogens is 454 g/mol. The molecule has 1 aliphatic carbocycles. The average Bonchev–Trinajstić information content (AvgIpc) is 3.58. The number of hydrogen-bond donors (Lipinski definition) is 2. The molecule has 6 heteroatoms. The molecule has 1 aromatic heterocycles. The summed E-state index contributed by atoms with van der Waals surface area (Å²) in [7, 11) is -3.51. The van der Waals surface area contributed by atoms with Crippen molar-refractivity contribution in [1.82, 2.24) is 15.3 Å². The number of sulfone groups is 1. The second-order valence-corrected chi connectivity index (χ2v) is 10.9. The summed E-state index contributed by atoms with van der Waals surface area (Å²) in [6.45, 7) is 0. The van der Waals surface area contributed by atoms with Crippen molar-refractivity contribution in [2.45, 2.75) is 15.8 Å². The van der Waals surface area contributed by atoms with Crippen LogP contribution in [0.3, 0.4) is 0 Å². The van der Waals surface area contributed by atoms with Gasteiger partial charge >= 0.3 is 0 Å². The first-order valence-corrected chi connectivity index (χ1v) is 13.1. The Labute approximate surface area is 203 Å². The number of aromatic nitrogens is 2. The van der Waals surface area contributed by atoms with E-state index >= 15 is 0 Å². The Bertz CT molecular complexity index is 1690. The Kier molecular flexibility index (Phi) is 4.29. The van der Waals surface area contributed by atoms with Crippen molar-refractivity contribution >= 4 is 15.4 Å². The van der Waals surface area contributed by atoms with Gasteiger partial charge in [0.15, 0.2) is 0 Å². The molecular formula is C29H21N3O2S. The number of nitrogens with one attached hydrogen (secondary N) is 2.